The molecule has 0 radical (unpaired) electrons. The number of hydrogen-bond acceptors (Lipinski definition) is 4. The van der Waals surface area contributed by atoms with Crippen LogP contribution in [0.15, 0.2) is 75.8 Å². The largest absolute Gasteiger partial charge is 0.459 e. The minimum absolute atomic E-state index is 0.123. The number of amides is 2. The van der Waals surface area contributed by atoms with E-state index in [1.165, 1.54) is 6.26 Å². The van der Waals surface area contributed by atoms with Gasteiger partial charge in [0.05, 0.1) is 17.3 Å². The van der Waals surface area contributed by atoms with Gasteiger partial charge in [0, 0.05) is 23.1 Å². The van der Waals surface area contributed by atoms with E-state index in [9.17, 15) is 9.59 Å². The Morgan fingerprint density at radius 3 is 2.60 bits per heavy atom. The number of rotatable bonds is 7. The number of imidazole rings is 1. The Bertz CT molecular complexity index is 1170. The normalized spacial score (nSPS) is 10.8. The van der Waals surface area contributed by atoms with Crippen molar-refractivity contribution in [2.75, 3.05) is 11.9 Å². The molecule has 0 unspecified atom stereocenters. The first-order valence-corrected chi connectivity index (χ1v) is 10.2. The van der Waals surface area contributed by atoms with Crippen molar-refractivity contribution in [2.45, 2.75) is 13.0 Å². The topological polar surface area (TPSA) is 89.2 Å². The number of benzene rings is 2. The third kappa shape index (κ3) is 4.60. The van der Waals surface area contributed by atoms with E-state index in [0.29, 0.717) is 13.0 Å². The van der Waals surface area contributed by atoms with Gasteiger partial charge in [-0.2, -0.15) is 0 Å². The third-order valence-electron chi connectivity index (χ3n) is 4.54. The second-order valence-corrected chi connectivity index (χ2v) is 7.56. The van der Waals surface area contributed by atoms with Crippen LogP contribution in [-0.2, 0) is 17.8 Å². The first kappa shape index (κ1) is 19.9. The van der Waals surface area contributed by atoms with Gasteiger partial charge >= 0.3 is 0 Å². The van der Waals surface area contributed by atoms with Crippen LogP contribution in [0.1, 0.15) is 16.4 Å². The lowest BCUT2D eigenvalue weighted by molar-refractivity contribution is -0.116. The zero-order chi connectivity index (χ0) is 20.9. The van der Waals surface area contributed by atoms with Gasteiger partial charge in [-0.1, -0.05) is 28.1 Å². The van der Waals surface area contributed by atoms with Crippen LogP contribution in [0.2, 0.25) is 0 Å². The van der Waals surface area contributed by atoms with Gasteiger partial charge in [-0.15, -0.1) is 0 Å². The van der Waals surface area contributed by atoms with E-state index in [2.05, 4.69) is 31.5 Å². The van der Waals surface area contributed by atoms with Crippen LogP contribution in [0.3, 0.4) is 0 Å². The van der Waals surface area contributed by atoms with Crippen molar-refractivity contribution in [3.8, 4) is 0 Å². The number of nitrogens with one attached hydrogen (secondary N) is 2. The maximum Gasteiger partial charge on any atom is 0.286 e. The van der Waals surface area contributed by atoms with E-state index in [1.807, 2.05) is 53.1 Å². The fraction of sp³-hybridized carbons (Fsp3) is 0.136. The molecule has 8 heteroatoms. The number of halogens is 1. The molecule has 0 saturated carbocycles. The number of nitrogens with zero attached hydrogens (tertiary/aromatic N) is 2. The Morgan fingerprint density at radius 1 is 1.03 bits per heavy atom. The summed E-state index contributed by atoms with van der Waals surface area (Å²) in [6.45, 7) is 0.495. The van der Waals surface area contributed by atoms with Gasteiger partial charge in [0.25, 0.3) is 5.91 Å². The molecule has 0 spiro atoms. The molecular weight excluding hydrogens is 448 g/mol. The fourth-order valence-electron chi connectivity index (χ4n) is 3.15. The number of para-hydroxylation sites is 2. The minimum Gasteiger partial charge on any atom is -0.459 e. The van der Waals surface area contributed by atoms with Gasteiger partial charge in [0.15, 0.2) is 5.76 Å². The molecule has 4 aromatic rings. The first-order valence-electron chi connectivity index (χ1n) is 9.41. The van der Waals surface area contributed by atoms with Crippen LogP contribution in [0, 0.1) is 0 Å². The Labute approximate surface area is 181 Å². The monoisotopic (exact) mass is 466 g/mol. The van der Waals surface area contributed by atoms with Gasteiger partial charge < -0.3 is 19.6 Å². The van der Waals surface area contributed by atoms with E-state index >= 15 is 0 Å². The highest BCUT2D eigenvalue weighted by Crippen LogP contribution is 2.18. The van der Waals surface area contributed by atoms with Crippen molar-refractivity contribution in [1.82, 2.24) is 14.9 Å². The maximum absolute atomic E-state index is 12.6. The smallest absolute Gasteiger partial charge is 0.286 e. The van der Waals surface area contributed by atoms with Crippen molar-refractivity contribution in [3.63, 3.8) is 0 Å². The number of anilines is 1. The first-order chi connectivity index (χ1) is 14.6. The van der Waals surface area contributed by atoms with Crippen LogP contribution in [-0.4, -0.2) is 27.9 Å². The number of furan rings is 1. The summed E-state index contributed by atoms with van der Waals surface area (Å²) in [5, 5.41) is 5.71. The van der Waals surface area contributed by atoms with Crippen LogP contribution in [0.5, 0.6) is 0 Å². The molecule has 152 valence electrons. The lowest BCUT2D eigenvalue weighted by atomic mass is 10.3. The molecule has 2 heterocycles. The third-order valence-corrected chi connectivity index (χ3v) is 5.07. The molecule has 30 heavy (non-hydrogen) atoms. The fourth-order valence-corrected chi connectivity index (χ4v) is 3.42. The molecule has 0 fully saturated rings. The predicted octanol–water partition coefficient (Wildman–Crippen LogP) is 4.00. The average Bonchev–Trinajstić information content (AvgIpc) is 3.39. The van der Waals surface area contributed by atoms with Crippen molar-refractivity contribution >= 4 is 44.5 Å². The second-order valence-electron chi connectivity index (χ2n) is 6.64. The number of aromatic nitrogens is 2. The summed E-state index contributed by atoms with van der Waals surface area (Å²) < 4.78 is 7.92. The highest BCUT2D eigenvalue weighted by Gasteiger charge is 2.15. The molecule has 2 aromatic heterocycles. The molecule has 2 aromatic carbocycles. The van der Waals surface area contributed by atoms with Gasteiger partial charge in [-0.05, 0) is 48.5 Å². The number of carbonyl (C=O) groups is 2. The van der Waals surface area contributed by atoms with E-state index in [1.54, 1.807) is 12.1 Å². The summed E-state index contributed by atoms with van der Waals surface area (Å²) in [7, 11) is 0. The molecule has 0 aliphatic rings. The van der Waals surface area contributed by atoms with E-state index in [0.717, 1.165) is 27.0 Å². The SMILES string of the molecule is O=C(Cn1c(CCNC(=O)c2ccco2)nc2ccccc21)Nc1ccc(Br)cc1. The van der Waals surface area contributed by atoms with Crippen LogP contribution >= 0.6 is 15.9 Å². The van der Waals surface area contributed by atoms with Crippen molar-refractivity contribution in [2.24, 2.45) is 0 Å². The zero-order valence-electron chi connectivity index (χ0n) is 16.0. The molecule has 0 atom stereocenters. The summed E-state index contributed by atoms with van der Waals surface area (Å²) in [6.07, 6.45) is 1.94. The van der Waals surface area contributed by atoms with E-state index < -0.39 is 0 Å². The molecule has 0 aliphatic carbocycles. The quantitative estimate of drug-likeness (QED) is 0.430. The van der Waals surface area contributed by atoms with Crippen LogP contribution < -0.4 is 10.6 Å². The standard InChI is InChI=1S/C22H19BrN4O3/c23-15-7-9-16(10-8-15)25-21(28)14-27-18-5-2-1-4-17(18)26-20(27)11-12-24-22(29)19-6-3-13-30-19/h1-10,13H,11-12,14H2,(H,24,29)(H,25,28). The van der Waals surface area contributed by atoms with Crippen LogP contribution in [0.25, 0.3) is 11.0 Å². The van der Waals surface area contributed by atoms with Crippen molar-refractivity contribution < 1.29 is 14.0 Å². The van der Waals surface area contributed by atoms with Crippen molar-refractivity contribution in [1.29, 1.82) is 0 Å². The maximum atomic E-state index is 12.6. The van der Waals surface area contributed by atoms with Gasteiger partial charge in [-0.25, -0.2) is 4.98 Å². The molecule has 2 amide bonds. The number of hydrogen-bond donors (Lipinski definition) is 2. The molecule has 7 nitrogen and oxygen atoms in total. The molecule has 0 aliphatic heterocycles. The second kappa shape index (κ2) is 8.96. The minimum atomic E-state index is -0.282. The Balaban J connectivity index is 1.47. The van der Waals surface area contributed by atoms with Crippen LogP contribution in [0.4, 0.5) is 5.69 Å². The highest BCUT2D eigenvalue weighted by atomic mass is 79.9. The van der Waals surface area contributed by atoms with Gasteiger partial charge in [-0.3, -0.25) is 9.59 Å². The van der Waals surface area contributed by atoms with Gasteiger partial charge in [0.1, 0.15) is 12.4 Å². The lowest BCUT2D eigenvalue weighted by Crippen LogP contribution is -2.27. The summed E-state index contributed by atoms with van der Waals surface area (Å²) >= 11 is 3.38. The predicted molar refractivity (Wildman–Crippen MR) is 117 cm³/mol. The highest BCUT2D eigenvalue weighted by molar-refractivity contribution is 9.10. The molecular formula is C22H19BrN4O3. The Morgan fingerprint density at radius 2 is 1.83 bits per heavy atom. The molecule has 2 N–H and O–H groups in total. The van der Waals surface area contributed by atoms with E-state index in [4.69, 9.17) is 4.42 Å². The summed E-state index contributed by atoms with van der Waals surface area (Å²) in [5.74, 6) is 0.552. The molecule has 0 saturated heterocycles. The average molecular weight is 467 g/mol. The summed E-state index contributed by atoms with van der Waals surface area (Å²) in [5.41, 5.74) is 2.40. The molecule has 4 rings (SSSR count). The Kier molecular flexibility index (Phi) is 5.94. The Hall–Kier alpha value is -3.39. The lowest BCUT2D eigenvalue weighted by Gasteiger charge is -2.10. The summed E-state index contributed by atoms with van der Waals surface area (Å²) in [4.78, 5) is 29.3. The number of carbonyl (C=O) groups excluding carboxylic acids is 2. The van der Waals surface area contributed by atoms with Gasteiger partial charge in [0.2, 0.25) is 5.91 Å². The summed E-state index contributed by atoms with van der Waals surface area (Å²) in [6, 6.07) is 18.3. The van der Waals surface area contributed by atoms with Crippen molar-refractivity contribution in [3.05, 3.63) is 83.0 Å². The van der Waals surface area contributed by atoms with E-state index in [-0.39, 0.29) is 24.1 Å². The number of fused-ring (bicyclic) bond motifs is 1. The molecule has 0 bridgehead atoms. The zero-order valence-corrected chi connectivity index (χ0v) is 17.6.